The Bertz CT molecular complexity index is 1350. The zero-order valence-corrected chi connectivity index (χ0v) is 27.2. The highest BCUT2D eigenvalue weighted by molar-refractivity contribution is 7.17. The predicted molar refractivity (Wildman–Crippen MR) is 171 cm³/mol. The van der Waals surface area contributed by atoms with Crippen molar-refractivity contribution < 1.29 is 23.8 Å². The van der Waals surface area contributed by atoms with Gasteiger partial charge in [-0.3, -0.25) is 4.90 Å². The number of thiazole rings is 1. The van der Waals surface area contributed by atoms with Crippen LogP contribution in [0.5, 0.6) is 5.75 Å². The van der Waals surface area contributed by atoms with Crippen molar-refractivity contribution in [1.29, 1.82) is 5.26 Å². The smallest absolute Gasteiger partial charge is 0.350 e. The average molecular weight is 609 g/mol. The number of nitrogens with one attached hydrogen (secondary N) is 1. The molecule has 9 nitrogen and oxygen atoms in total. The molecule has 1 N–H and O–H groups in total. The lowest BCUT2D eigenvalue weighted by molar-refractivity contribution is 0.0422. The van der Waals surface area contributed by atoms with E-state index in [1.165, 1.54) is 17.8 Å². The Morgan fingerprint density at radius 1 is 1.05 bits per heavy atom. The predicted octanol–water partition coefficient (Wildman–Crippen LogP) is 5.89. The highest BCUT2D eigenvalue weighted by Crippen LogP contribution is 2.31. The van der Waals surface area contributed by atoms with E-state index in [-0.39, 0.29) is 19.2 Å². The lowest BCUT2D eigenvalue weighted by Crippen LogP contribution is -2.28. The van der Waals surface area contributed by atoms with E-state index >= 15 is 0 Å². The van der Waals surface area contributed by atoms with E-state index in [1.54, 1.807) is 31.2 Å². The fraction of sp³-hybridized carbons (Fsp3) is 0.455. The number of hydrogen-bond acceptors (Lipinski definition) is 10. The van der Waals surface area contributed by atoms with Crippen molar-refractivity contribution >= 4 is 23.3 Å². The molecule has 0 saturated heterocycles. The van der Waals surface area contributed by atoms with Crippen LogP contribution in [0.2, 0.25) is 0 Å². The molecule has 3 aromatic rings. The van der Waals surface area contributed by atoms with Crippen molar-refractivity contribution in [3.8, 4) is 22.4 Å². The monoisotopic (exact) mass is 608 g/mol. The number of esters is 2. The molecule has 0 fully saturated rings. The lowest BCUT2D eigenvalue weighted by atomic mass is 10.1. The molecule has 0 radical (unpaired) electrons. The number of nitrogens with zero attached hydrogens (tertiary/aromatic N) is 3. The fourth-order valence-corrected chi connectivity index (χ4v) is 4.59. The Balaban J connectivity index is 0.00000119. The quantitative estimate of drug-likeness (QED) is 0.224. The molecule has 0 saturated carbocycles. The molecule has 0 aliphatic heterocycles. The summed E-state index contributed by atoms with van der Waals surface area (Å²) in [6.45, 7) is 13.0. The van der Waals surface area contributed by atoms with Gasteiger partial charge in [-0.05, 0) is 77.2 Å². The molecular formula is C33H44N4O5S. The largest absolute Gasteiger partial charge is 0.492 e. The fourth-order valence-electron chi connectivity index (χ4n) is 3.63. The summed E-state index contributed by atoms with van der Waals surface area (Å²) in [4.78, 5) is 31.7. The Hall–Kier alpha value is -3.78. The maximum atomic E-state index is 12.7. The molecule has 2 aromatic carbocycles. The Kier molecular flexibility index (Phi) is 15.4. The van der Waals surface area contributed by atoms with E-state index in [2.05, 4.69) is 23.3 Å². The van der Waals surface area contributed by atoms with Gasteiger partial charge in [0, 0.05) is 18.7 Å². The summed E-state index contributed by atoms with van der Waals surface area (Å²) in [7, 11) is 3.83. The van der Waals surface area contributed by atoms with Crippen LogP contribution >= 0.6 is 11.3 Å². The van der Waals surface area contributed by atoms with Gasteiger partial charge in [0.1, 0.15) is 34.9 Å². The summed E-state index contributed by atoms with van der Waals surface area (Å²) in [6.07, 6.45) is 1.23. The van der Waals surface area contributed by atoms with Crippen molar-refractivity contribution in [1.82, 2.24) is 15.2 Å². The van der Waals surface area contributed by atoms with E-state index in [1.807, 2.05) is 58.0 Å². The van der Waals surface area contributed by atoms with Crippen LogP contribution < -0.4 is 10.1 Å². The van der Waals surface area contributed by atoms with Crippen molar-refractivity contribution in [3.63, 3.8) is 0 Å². The molecule has 0 amide bonds. The highest BCUT2D eigenvalue weighted by Gasteiger charge is 2.19. The van der Waals surface area contributed by atoms with E-state index < -0.39 is 5.97 Å². The molecule has 1 heterocycles. The Morgan fingerprint density at radius 3 is 2.26 bits per heavy atom. The van der Waals surface area contributed by atoms with Crippen molar-refractivity contribution in [2.45, 2.75) is 41.0 Å². The second-order valence-electron chi connectivity index (χ2n) is 10.5. The van der Waals surface area contributed by atoms with Gasteiger partial charge in [-0.2, -0.15) is 5.26 Å². The van der Waals surface area contributed by atoms with E-state index in [0.717, 1.165) is 17.7 Å². The summed E-state index contributed by atoms with van der Waals surface area (Å²) in [5, 5.41) is 13.2. The van der Waals surface area contributed by atoms with Crippen LogP contribution in [-0.2, 0) is 9.47 Å². The van der Waals surface area contributed by atoms with Gasteiger partial charge in [0.25, 0.3) is 0 Å². The second-order valence-corrected chi connectivity index (χ2v) is 11.5. The van der Waals surface area contributed by atoms with Gasteiger partial charge in [0.05, 0.1) is 23.4 Å². The van der Waals surface area contributed by atoms with Crippen LogP contribution in [0.15, 0.2) is 42.5 Å². The van der Waals surface area contributed by atoms with E-state index in [0.29, 0.717) is 58.1 Å². The van der Waals surface area contributed by atoms with Gasteiger partial charge >= 0.3 is 11.9 Å². The molecule has 0 unspecified atom stereocenters. The third-order valence-electron chi connectivity index (χ3n) is 6.10. The number of ether oxygens (including phenoxy) is 3. The minimum atomic E-state index is -0.442. The van der Waals surface area contributed by atoms with Gasteiger partial charge in [-0.1, -0.05) is 38.5 Å². The first-order chi connectivity index (χ1) is 20.6. The van der Waals surface area contributed by atoms with Crippen LogP contribution in [-0.4, -0.2) is 75.4 Å². The Morgan fingerprint density at radius 2 is 1.70 bits per heavy atom. The molecule has 3 rings (SSSR count). The number of carbonyl (C=O) groups is 2. The number of likely N-dealkylation sites (N-methyl/N-ethyl adjacent to an activating group) is 1. The number of aromatic nitrogens is 1. The number of nitriles is 1. The van der Waals surface area contributed by atoms with E-state index in [4.69, 9.17) is 14.2 Å². The van der Waals surface area contributed by atoms with Crippen LogP contribution in [0.1, 0.15) is 64.0 Å². The maximum absolute atomic E-state index is 12.7. The Labute approximate surface area is 259 Å². The third-order valence-corrected chi connectivity index (χ3v) is 7.29. The first-order valence-corrected chi connectivity index (χ1v) is 15.3. The number of benzene rings is 2. The topological polar surface area (TPSA) is 114 Å². The number of rotatable bonds is 14. The summed E-state index contributed by atoms with van der Waals surface area (Å²) in [5.41, 5.74) is 3.34. The normalized spacial score (nSPS) is 10.6. The van der Waals surface area contributed by atoms with Gasteiger partial charge < -0.3 is 19.5 Å². The van der Waals surface area contributed by atoms with Crippen LogP contribution in [0, 0.1) is 31.1 Å². The molecule has 0 aliphatic rings. The standard InChI is InChI=1S/C29H33N3O5S.C4H11N/c1-19(2)18-37-25-11-10-23(16-24(25)17-30)27-31-21(4)26(38-27)29(34)36-15-13-32(5)12-14-35-28(33)22-8-6-20(3)7-9-22;1-3-4-5-2/h6-11,16,19H,12-15,18H2,1-5H3;5H,3-4H2,1-2H3. The first-order valence-electron chi connectivity index (χ1n) is 14.5. The second kappa shape index (κ2) is 18.7. The number of hydrogen-bond donors (Lipinski definition) is 1. The minimum Gasteiger partial charge on any atom is -0.492 e. The molecule has 0 bridgehead atoms. The molecule has 0 spiro atoms. The average Bonchev–Trinajstić information content (AvgIpc) is 3.38. The van der Waals surface area contributed by atoms with Crippen molar-refractivity contribution in [2.75, 3.05) is 53.6 Å². The molecule has 232 valence electrons. The van der Waals surface area contributed by atoms with Gasteiger partial charge in [0.15, 0.2) is 0 Å². The lowest BCUT2D eigenvalue weighted by Gasteiger charge is -2.16. The summed E-state index contributed by atoms with van der Waals surface area (Å²) < 4.78 is 16.5. The maximum Gasteiger partial charge on any atom is 0.350 e. The van der Waals surface area contributed by atoms with Crippen LogP contribution in [0.3, 0.4) is 0 Å². The zero-order chi connectivity index (χ0) is 31.8. The minimum absolute atomic E-state index is 0.189. The SMILES string of the molecule is CCCNC.Cc1ccc(C(=O)OCCN(C)CCOC(=O)c2sc(-c3ccc(OCC(C)C)c(C#N)c3)nc2C)cc1. The third kappa shape index (κ3) is 12.2. The highest BCUT2D eigenvalue weighted by atomic mass is 32.1. The van der Waals surface area contributed by atoms with Crippen LogP contribution in [0.25, 0.3) is 10.6 Å². The molecule has 1 aromatic heterocycles. The van der Waals surface area contributed by atoms with Crippen molar-refractivity contribution in [2.24, 2.45) is 5.92 Å². The number of aryl methyl sites for hydroxylation is 2. The summed E-state index contributed by atoms with van der Waals surface area (Å²) >= 11 is 1.23. The van der Waals surface area contributed by atoms with Crippen molar-refractivity contribution in [3.05, 3.63) is 69.7 Å². The molecule has 0 aliphatic carbocycles. The summed E-state index contributed by atoms with van der Waals surface area (Å²) in [6, 6.07) is 14.7. The molecule has 0 atom stereocenters. The van der Waals surface area contributed by atoms with Crippen LogP contribution in [0.4, 0.5) is 0 Å². The van der Waals surface area contributed by atoms with E-state index in [9.17, 15) is 14.9 Å². The van der Waals surface area contributed by atoms with Gasteiger partial charge in [-0.25, -0.2) is 14.6 Å². The van der Waals surface area contributed by atoms with Gasteiger partial charge in [0.2, 0.25) is 0 Å². The zero-order valence-electron chi connectivity index (χ0n) is 26.4. The number of carbonyl (C=O) groups excluding carboxylic acids is 2. The first kappa shape index (κ1) is 35.4. The van der Waals surface area contributed by atoms with Gasteiger partial charge in [-0.15, -0.1) is 11.3 Å². The molecule has 43 heavy (non-hydrogen) atoms. The molecular weight excluding hydrogens is 564 g/mol. The molecule has 10 heteroatoms. The summed E-state index contributed by atoms with van der Waals surface area (Å²) in [5.74, 6) is 0.0773.